The molecule has 1 saturated carbocycles. The standard InChI is InChI=1S/C19H29N/c1-2-20-14-19-7-4-3-6-18(19)13-15-10-11-16-8-5-9-17(16)12-15/h10-12,18-20H,2-9,13-14H2,1H3. The molecular formula is C19H29N. The van der Waals surface area contributed by atoms with Crippen molar-refractivity contribution in [2.45, 2.75) is 58.3 Å². The first kappa shape index (κ1) is 14.1. The van der Waals surface area contributed by atoms with Crippen molar-refractivity contribution in [3.8, 4) is 0 Å². The van der Waals surface area contributed by atoms with E-state index in [0.717, 1.165) is 18.4 Å². The summed E-state index contributed by atoms with van der Waals surface area (Å²) in [6.45, 7) is 4.56. The monoisotopic (exact) mass is 271 g/mol. The van der Waals surface area contributed by atoms with Crippen molar-refractivity contribution in [2.24, 2.45) is 11.8 Å². The average Bonchev–Trinajstić information content (AvgIpc) is 2.94. The van der Waals surface area contributed by atoms with Crippen LogP contribution in [0.1, 0.15) is 55.7 Å². The van der Waals surface area contributed by atoms with Gasteiger partial charge in [0.05, 0.1) is 0 Å². The van der Waals surface area contributed by atoms with E-state index in [1.807, 2.05) is 0 Å². The maximum Gasteiger partial charge on any atom is -0.00179 e. The summed E-state index contributed by atoms with van der Waals surface area (Å²) in [7, 11) is 0. The van der Waals surface area contributed by atoms with Gasteiger partial charge in [0, 0.05) is 0 Å². The summed E-state index contributed by atoms with van der Waals surface area (Å²) in [4.78, 5) is 0. The van der Waals surface area contributed by atoms with E-state index in [9.17, 15) is 0 Å². The van der Waals surface area contributed by atoms with Crippen molar-refractivity contribution in [1.82, 2.24) is 5.32 Å². The van der Waals surface area contributed by atoms with E-state index in [-0.39, 0.29) is 0 Å². The highest BCUT2D eigenvalue weighted by atomic mass is 14.8. The Bertz CT molecular complexity index is 437. The Kier molecular flexibility index (Phi) is 4.77. The zero-order valence-corrected chi connectivity index (χ0v) is 13.0. The molecular weight excluding hydrogens is 242 g/mol. The number of rotatable bonds is 5. The Morgan fingerprint density at radius 2 is 1.80 bits per heavy atom. The van der Waals surface area contributed by atoms with Crippen LogP contribution in [0, 0.1) is 11.8 Å². The molecule has 2 aliphatic rings. The molecule has 1 N–H and O–H groups in total. The van der Waals surface area contributed by atoms with Crippen LogP contribution < -0.4 is 5.32 Å². The molecule has 2 unspecified atom stereocenters. The molecule has 20 heavy (non-hydrogen) atoms. The van der Waals surface area contributed by atoms with Gasteiger partial charge in [0.25, 0.3) is 0 Å². The van der Waals surface area contributed by atoms with Crippen LogP contribution in [0.25, 0.3) is 0 Å². The molecule has 0 bridgehead atoms. The van der Waals surface area contributed by atoms with Gasteiger partial charge in [0.15, 0.2) is 0 Å². The molecule has 1 heteroatoms. The number of hydrogen-bond acceptors (Lipinski definition) is 1. The lowest BCUT2D eigenvalue weighted by Gasteiger charge is -2.32. The minimum absolute atomic E-state index is 0.900. The van der Waals surface area contributed by atoms with E-state index in [1.165, 1.54) is 57.9 Å². The molecule has 0 radical (unpaired) electrons. The Hall–Kier alpha value is -0.820. The molecule has 2 aliphatic carbocycles. The topological polar surface area (TPSA) is 12.0 Å². The van der Waals surface area contributed by atoms with E-state index in [0.29, 0.717) is 0 Å². The maximum atomic E-state index is 3.58. The number of hydrogen-bond donors (Lipinski definition) is 1. The van der Waals surface area contributed by atoms with Crippen molar-refractivity contribution in [3.05, 3.63) is 34.9 Å². The third-order valence-electron chi connectivity index (χ3n) is 5.38. The second-order valence-corrected chi connectivity index (χ2v) is 6.77. The Morgan fingerprint density at radius 3 is 2.65 bits per heavy atom. The average molecular weight is 271 g/mol. The molecule has 0 saturated heterocycles. The quantitative estimate of drug-likeness (QED) is 0.849. The van der Waals surface area contributed by atoms with Crippen LogP contribution in [0.15, 0.2) is 18.2 Å². The van der Waals surface area contributed by atoms with Crippen molar-refractivity contribution in [3.63, 3.8) is 0 Å². The van der Waals surface area contributed by atoms with Gasteiger partial charge in [-0.3, -0.25) is 0 Å². The van der Waals surface area contributed by atoms with Crippen LogP contribution >= 0.6 is 0 Å². The molecule has 110 valence electrons. The van der Waals surface area contributed by atoms with Gasteiger partial charge < -0.3 is 5.32 Å². The summed E-state index contributed by atoms with van der Waals surface area (Å²) in [6, 6.07) is 7.32. The van der Waals surface area contributed by atoms with Crippen LogP contribution in [-0.4, -0.2) is 13.1 Å². The number of fused-ring (bicyclic) bond motifs is 1. The fourth-order valence-electron chi connectivity index (χ4n) is 4.21. The molecule has 1 fully saturated rings. The predicted molar refractivity (Wildman–Crippen MR) is 86.2 cm³/mol. The van der Waals surface area contributed by atoms with E-state index >= 15 is 0 Å². The largest absolute Gasteiger partial charge is 0.317 e. The van der Waals surface area contributed by atoms with E-state index < -0.39 is 0 Å². The SMILES string of the molecule is CCNCC1CCCCC1Cc1ccc2c(c1)CCC2. The fraction of sp³-hybridized carbons (Fsp3) is 0.684. The molecule has 1 aromatic carbocycles. The zero-order chi connectivity index (χ0) is 13.8. The first-order valence-electron chi connectivity index (χ1n) is 8.68. The second-order valence-electron chi connectivity index (χ2n) is 6.77. The predicted octanol–water partition coefficient (Wildman–Crippen LogP) is 4.13. The summed E-state index contributed by atoms with van der Waals surface area (Å²) in [5.74, 6) is 1.80. The minimum Gasteiger partial charge on any atom is -0.317 e. The maximum absolute atomic E-state index is 3.58. The molecule has 0 spiro atoms. The Balaban J connectivity index is 1.65. The van der Waals surface area contributed by atoms with Crippen molar-refractivity contribution in [1.29, 1.82) is 0 Å². The van der Waals surface area contributed by atoms with Crippen LogP contribution in [0.5, 0.6) is 0 Å². The van der Waals surface area contributed by atoms with E-state index in [4.69, 9.17) is 0 Å². The molecule has 0 heterocycles. The van der Waals surface area contributed by atoms with Gasteiger partial charge in [0.1, 0.15) is 0 Å². The molecule has 1 aromatic rings. The van der Waals surface area contributed by atoms with Gasteiger partial charge in [-0.05, 0) is 80.1 Å². The fourth-order valence-corrected chi connectivity index (χ4v) is 4.21. The van der Waals surface area contributed by atoms with Gasteiger partial charge in [-0.25, -0.2) is 0 Å². The van der Waals surface area contributed by atoms with Gasteiger partial charge >= 0.3 is 0 Å². The highest BCUT2D eigenvalue weighted by Crippen LogP contribution is 2.33. The normalized spacial score (nSPS) is 25.6. The molecule has 3 rings (SSSR count). The Morgan fingerprint density at radius 1 is 1.00 bits per heavy atom. The first-order valence-corrected chi connectivity index (χ1v) is 8.68. The van der Waals surface area contributed by atoms with Crippen LogP contribution in [0.3, 0.4) is 0 Å². The van der Waals surface area contributed by atoms with Crippen LogP contribution in [0.2, 0.25) is 0 Å². The summed E-state index contributed by atoms with van der Waals surface area (Å²) in [5, 5.41) is 3.58. The third-order valence-corrected chi connectivity index (χ3v) is 5.38. The lowest BCUT2D eigenvalue weighted by Crippen LogP contribution is -2.31. The summed E-state index contributed by atoms with van der Waals surface area (Å²) < 4.78 is 0. The molecule has 1 nitrogen and oxygen atoms in total. The van der Waals surface area contributed by atoms with E-state index in [2.05, 4.69) is 30.4 Å². The third kappa shape index (κ3) is 3.25. The van der Waals surface area contributed by atoms with Gasteiger partial charge in [-0.1, -0.05) is 38.0 Å². The van der Waals surface area contributed by atoms with Crippen LogP contribution in [0.4, 0.5) is 0 Å². The second kappa shape index (κ2) is 6.76. The first-order chi connectivity index (χ1) is 9.86. The summed E-state index contributed by atoms with van der Waals surface area (Å²) in [6.07, 6.45) is 11.1. The van der Waals surface area contributed by atoms with Crippen molar-refractivity contribution >= 4 is 0 Å². The smallest absolute Gasteiger partial charge is 0.00179 e. The number of benzene rings is 1. The summed E-state index contributed by atoms with van der Waals surface area (Å²) in [5.41, 5.74) is 4.85. The lowest BCUT2D eigenvalue weighted by atomic mass is 9.76. The molecule has 0 aromatic heterocycles. The molecule has 2 atom stereocenters. The number of aryl methyl sites for hydroxylation is 2. The van der Waals surface area contributed by atoms with Gasteiger partial charge in [0.2, 0.25) is 0 Å². The highest BCUT2D eigenvalue weighted by Gasteiger charge is 2.25. The molecule has 0 amide bonds. The molecule has 0 aliphatic heterocycles. The van der Waals surface area contributed by atoms with E-state index in [1.54, 1.807) is 16.7 Å². The van der Waals surface area contributed by atoms with Crippen molar-refractivity contribution < 1.29 is 0 Å². The lowest BCUT2D eigenvalue weighted by molar-refractivity contribution is 0.229. The number of nitrogens with one attached hydrogen (secondary N) is 1. The highest BCUT2D eigenvalue weighted by molar-refractivity contribution is 5.35. The summed E-state index contributed by atoms with van der Waals surface area (Å²) >= 11 is 0. The van der Waals surface area contributed by atoms with Crippen LogP contribution in [-0.2, 0) is 19.3 Å². The van der Waals surface area contributed by atoms with Gasteiger partial charge in [-0.2, -0.15) is 0 Å². The Labute approximate surface area is 124 Å². The van der Waals surface area contributed by atoms with Gasteiger partial charge in [-0.15, -0.1) is 0 Å². The minimum atomic E-state index is 0.900. The van der Waals surface area contributed by atoms with Crippen molar-refractivity contribution in [2.75, 3.05) is 13.1 Å². The zero-order valence-electron chi connectivity index (χ0n) is 13.0.